The zero-order chi connectivity index (χ0) is 25.0. The summed E-state index contributed by atoms with van der Waals surface area (Å²) in [4.78, 5) is 38.3. The molecule has 0 bridgehead atoms. The Balaban J connectivity index is 1.95. The number of ether oxygens (including phenoxy) is 1. The van der Waals surface area contributed by atoms with E-state index >= 15 is 0 Å². The third-order valence-corrected chi connectivity index (χ3v) is 5.70. The minimum absolute atomic E-state index is 0.177. The SMILES string of the molecule is COC(=O)[C@H](NC(=O)c1cc2ccccc2cc1NC(=O)Nc1c(C)cc(C)cc1C)C(C)C. The van der Waals surface area contributed by atoms with Crippen LogP contribution in [0, 0.1) is 26.7 Å². The Kier molecular flexibility index (Phi) is 7.56. The summed E-state index contributed by atoms with van der Waals surface area (Å²) in [6.45, 7) is 9.51. The molecule has 0 heterocycles. The molecule has 1 atom stereocenters. The number of esters is 1. The van der Waals surface area contributed by atoms with Gasteiger partial charge in [0.2, 0.25) is 0 Å². The van der Waals surface area contributed by atoms with Crippen LogP contribution in [0.15, 0.2) is 48.5 Å². The fraction of sp³-hybridized carbons (Fsp3) is 0.296. The highest BCUT2D eigenvalue weighted by molar-refractivity contribution is 6.10. The van der Waals surface area contributed by atoms with Crippen LogP contribution in [0.1, 0.15) is 40.9 Å². The highest BCUT2D eigenvalue weighted by Crippen LogP contribution is 2.26. The number of urea groups is 1. The number of amides is 3. The Morgan fingerprint density at radius 3 is 2.00 bits per heavy atom. The van der Waals surface area contributed by atoms with E-state index < -0.39 is 23.9 Å². The number of anilines is 2. The van der Waals surface area contributed by atoms with Gasteiger partial charge in [-0.2, -0.15) is 0 Å². The Bertz CT molecular complexity index is 1230. The normalized spacial score (nSPS) is 11.7. The van der Waals surface area contributed by atoms with Gasteiger partial charge < -0.3 is 20.7 Å². The van der Waals surface area contributed by atoms with Crippen LogP contribution in [-0.4, -0.2) is 31.1 Å². The average Bonchev–Trinajstić information content (AvgIpc) is 2.78. The second-order valence-electron chi connectivity index (χ2n) is 8.82. The van der Waals surface area contributed by atoms with E-state index in [1.165, 1.54) is 7.11 Å². The van der Waals surface area contributed by atoms with Crippen molar-refractivity contribution in [3.63, 3.8) is 0 Å². The molecule has 3 N–H and O–H groups in total. The molecule has 0 unspecified atom stereocenters. The molecule has 0 aliphatic rings. The number of rotatable bonds is 6. The fourth-order valence-electron chi connectivity index (χ4n) is 4.02. The van der Waals surface area contributed by atoms with Gasteiger partial charge in [0.15, 0.2) is 0 Å². The van der Waals surface area contributed by atoms with Crippen LogP contribution < -0.4 is 16.0 Å². The topological polar surface area (TPSA) is 96.5 Å². The number of aryl methyl sites for hydroxylation is 3. The number of fused-ring (bicyclic) bond motifs is 1. The number of carbonyl (C=O) groups excluding carboxylic acids is 3. The summed E-state index contributed by atoms with van der Waals surface area (Å²) in [6, 6.07) is 13.7. The predicted octanol–water partition coefficient (Wildman–Crippen LogP) is 5.34. The van der Waals surface area contributed by atoms with E-state index in [0.29, 0.717) is 5.69 Å². The molecule has 0 saturated carbocycles. The van der Waals surface area contributed by atoms with Crippen molar-refractivity contribution >= 4 is 40.1 Å². The minimum Gasteiger partial charge on any atom is -0.467 e. The molecule has 7 heteroatoms. The molecule has 7 nitrogen and oxygen atoms in total. The molecule has 0 fully saturated rings. The number of hydrogen-bond donors (Lipinski definition) is 3. The van der Waals surface area contributed by atoms with E-state index in [4.69, 9.17) is 4.74 Å². The molecule has 0 spiro atoms. The van der Waals surface area contributed by atoms with Gasteiger partial charge in [-0.15, -0.1) is 0 Å². The van der Waals surface area contributed by atoms with Crippen molar-refractivity contribution < 1.29 is 19.1 Å². The molecule has 34 heavy (non-hydrogen) atoms. The molecule has 0 saturated heterocycles. The first-order valence-corrected chi connectivity index (χ1v) is 11.2. The van der Waals surface area contributed by atoms with Gasteiger partial charge >= 0.3 is 12.0 Å². The summed E-state index contributed by atoms with van der Waals surface area (Å²) < 4.78 is 4.84. The monoisotopic (exact) mass is 461 g/mol. The smallest absolute Gasteiger partial charge is 0.328 e. The lowest BCUT2D eigenvalue weighted by Crippen LogP contribution is -2.45. The third kappa shape index (κ3) is 5.54. The van der Waals surface area contributed by atoms with Gasteiger partial charge in [-0.1, -0.05) is 55.8 Å². The summed E-state index contributed by atoms with van der Waals surface area (Å²) in [5, 5.41) is 10.2. The van der Waals surface area contributed by atoms with Gasteiger partial charge in [0.05, 0.1) is 18.4 Å². The summed E-state index contributed by atoms with van der Waals surface area (Å²) in [5.74, 6) is -1.18. The van der Waals surface area contributed by atoms with Crippen LogP contribution in [0.5, 0.6) is 0 Å². The van der Waals surface area contributed by atoms with Crippen molar-refractivity contribution in [2.45, 2.75) is 40.7 Å². The van der Waals surface area contributed by atoms with E-state index in [1.54, 1.807) is 12.1 Å². The van der Waals surface area contributed by atoms with Crippen LogP contribution in [0.25, 0.3) is 10.8 Å². The number of hydrogen-bond acceptors (Lipinski definition) is 4. The average molecular weight is 462 g/mol. The molecule has 3 rings (SSSR count). The molecule has 3 aromatic carbocycles. The molecule has 3 aromatic rings. The lowest BCUT2D eigenvalue weighted by molar-refractivity contribution is -0.144. The summed E-state index contributed by atoms with van der Waals surface area (Å²) >= 11 is 0. The second kappa shape index (κ2) is 10.4. The summed E-state index contributed by atoms with van der Waals surface area (Å²) in [5.41, 5.74) is 4.31. The van der Waals surface area contributed by atoms with Crippen LogP contribution >= 0.6 is 0 Å². The maximum atomic E-state index is 13.2. The highest BCUT2D eigenvalue weighted by atomic mass is 16.5. The molecule has 0 radical (unpaired) electrons. The van der Waals surface area contributed by atoms with E-state index in [1.807, 2.05) is 71.0 Å². The molecule has 0 aliphatic carbocycles. The van der Waals surface area contributed by atoms with Gasteiger partial charge in [0, 0.05) is 5.69 Å². The Labute approximate surface area is 199 Å². The molecule has 3 amide bonds. The summed E-state index contributed by atoms with van der Waals surface area (Å²) in [6.07, 6.45) is 0. The lowest BCUT2D eigenvalue weighted by atomic mass is 10.0. The van der Waals surface area contributed by atoms with Crippen LogP contribution in [-0.2, 0) is 9.53 Å². The second-order valence-corrected chi connectivity index (χ2v) is 8.82. The first-order valence-electron chi connectivity index (χ1n) is 11.2. The van der Waals surface area contributed by atoms with Gasteiger partial charge in [-0.3, -0.25) is 4.79 Å². The predicted molar refractivity (Wildman–Crippen MR) is 135 cm³/mol. The molecular formula is C27H31N3O4. The van der Waals surface area contributed by atoms with E-state index in [-0.39, 0.29) is 11.5 Å². The first-order chi connectivity index (χ1) is 16.1. The standard InChI is InChI=1S/C27H31N3O4/c1-15(2)23(26(32)34-6)29-25(31)21-13-19-9-7-8-10-20(19)14-22(21)28-27(33)30-24-17(4)11-16(3)12-18(24)5/h7-15,23H,1-6H3,(H,29,31)(H2,28,30,33)/t23-/m1/s1. The first kappa shape index (κ1) is 24.8. The molecular weight excluding hydrogens is 430 g/mol. The van der Waals surface area contributed by atoms with Crippen molar-refractivity contribution in [1.29, 1.82) is 0 Å². The van der Waals surface area contributed by atoms with E-state index in [9.17, 15) is 14.4 Å². The van der Waals surface area contributed by atoms with Crippen LogP contribution in [0.2, 0.25) is 0 Å². The van der Waals surface area contributed by atoms with Gasteiger partial charge in [-0.05, 0) is 60.7 Å². The summed E-state index contributed by atoms with van der Waals surface area (Å²) in [7, 11) is 1.28. The van der Waals surface area contributed by atoms with Crippen molar-refractivity contribution in [3.8, 4) is 0 Å². The molecule has 0 aromatic heterocycles. The highest BCUT2D eigenvalue weighted by Gasteiger charge is 2.27. The number of benzene rings is 3. The Hall–Kier alpha value is -3.87. The zero-order valence-corrected chi connectivity index (χ0v) is 20.4. The van der Waals surface area contributed by atoms with E-state index in [2.05, 4.69) is 16.0 Å². The van der Waals surface area contributed by atoms with Crippen LogP contribution in [0.4, 0.5) is 16.2 Å². The van der Waals surface area contributed by atoms with E-state index in [0.717, 1.165) is 33.2 Å². The largest absolute Gasteiger partial charge is 0.467 e. The van der Waals surface area contributed by atoms with Crippen LogP contribution in [0.3, 0.4) is 0 Å². The van der Waals surface area contributed by atoms with Gasteiger partial charge in [0.1, 0.15) is 6.04 Å². The number of carbonyl (C=O) groups is 3. The number of methoxy groups -OCH3 is 1. The molecule has 178 valence electrons. The van der Waals surface area contributed by atoms with Crippen molar-refractivity contribution in [3.05, 3.63) is 70.8 Å². The minimum atomic E-state index is -0.816. The Morgan fingerprint density at radius 2 is 1.44 bits per heavy atom. The van der Waals surface area contributed by atoms with Crippen molar-refractivity contribution in [2.24, 2.45) is 5.92 Å². The zero-order valence-electron chi connectivity index (χ0n) is 20.4. The maximum Gasteiger partial charge on any atom is 0.328 e. The molecule has 0 aliphatic heterocycles. The van der Waals surface area contributed by atoms with Gasteiger partial charge in [-0.25, -0.2) is 9.59 Å². The lowest BCUT2D eigenvalue weighted by Gasteiger charge is -2.21. The Morgan fingerprint density at radius 1 is 0.853 bits per heavy atom. The quantitative estimate of drug-likeness (QED) is 0.432. The van der Waals surface area contributed by atoms with Crippen molar-refractivity contribution in [1.82, 2.24) is 5.32 Å². The maximum absolute atomic E-state index is 13.2. The van der Waals surface area contributed by atoms with Gasteiger partial charge in [0.25, 0.3) is 5.91 Å². The van der Waals surface area contributed by atoms with Crippen molar-refractivity contribution in [2.75, 3.05) is 17.7 Å². The third-order valence-electron chi connectivity index (χ3n) is 5.70. The fourth-order valence-corrected chi connectivity index (χ4v) is 4.02. The number of nitrogens with one attached hydrogen (secondary N) is 3.